The number of carbonyl (C=O) groups is 1. The summed E-state index contributed by atoms with van der Waals surface area (Å²) in [4.78, 5) is 11.8. The van der Waals surface area contributed by atoms with Crippen LogP contribution in [0.15, 0.2) is 0 Å². The fourth-order valence-corrected chi connectivity index (χ4v) is 0.799. The molecule has 0 aromatic heterocycles. The number of nitrogens with zero attached hydrogens (tertiary/aromatic N) is 1. The van der Waals surface area contributed by atoms with Crippen LogP contribution in [-0.2, 0) is 4.79 Å². The largest absolute Gasteiger partial charge is 0.332 e. The van der Waals surface area contributed by atoms with Crippen molar-refractivity contribution in [3.8, 4) is 0 Å². The second-order valence-electron chi connectivity index (χ2n) is 1.93. The molecule has 3 nitrogen and oxygen atoms in total. The van der Waals surface area contributed by atoms with E-state index in [0.29, 0.717) is 0 Å². The molecule has 0 unspecified atom stereocenters. The van der Waals surface area contributed by atoms with E-state index in [9.17, 15) is 4.79 Å². The molecular weight excluding hydrogens is 104 g/mol. The molecule has 0 bridgehead atoms. The molecule has 8 heavy (non-hydrogen) atoms. The summed E-state index contributed by atoms with van der Waals surface area (Å²) in [6, 6.07) is 0. The predicted octanol–water partition coefficient (Wildman–Crippen LogP) is -0.604. The number of nitrogens with one attached hydrogen (secondary N) is 1. The summed E-state index contributed by atoms with van der Waals surface area (Å²) in [6.45, 7) is 2.68. The van der Waals surface area contributed by atoms with Crippen molar-refractivity contribution in [2.75, 3.05) is 19.8 Å². The highest BCUT2D eigenvalue weighted by atomic mass is 16.1. The lowest BCUT2D eigenvalue weighted by molar-refractivity contribution is -0.119. The van der Waals surface area contributed by atoms with Gasteiger partial charge in [0.1, 0.15) is 0 Å². The smallest absolute Gasteiger partial charge is 0.210 e. The molecule has 1 saturated heterocycles. The summed E-state index contributed by atoms with van der Waals surface area (Å²) < 4.78 is 0. The summed E-state index contributed by atoms with van der Waals surface area (Å²) in [6.07, 6.45) is 1.96. The topological polar surface area (TPSA) is 32.3 Å². The molecule has 46 valence electrons. The van der Waals surface area contributed by atoms with Crippen molar-refractivity contribution < 1.29 is 4.79 Å². The third-order valence-corrected chi connectivity index (χ3v) is 1.26. The zero-order valence-corrected chi connectivity index (χ0v) is 4.76. The van der Waals surface area contributed by atoms with E-state index in [-0.39, 0.29) is 0 Å². The van der Waals surface area contributed by atoms with Gasteiger partial charge in [0.2, 0.25) is 6.41 Å². The Morgan fingerprint density at radius 3 is 2.88 bits per heavy atom. The molecule has 1 fully saturated rings. The molecule has 0 aliphatic carbocycles. The molecule has 0 saturated carbocycles. The van der Waals surface area contributed by atoms with Crippen LogP contribution in [0.5, 0.6) is 0 Å². The van der Waals surface area contributed by atoms with Gasteiger partial charge in [-0.3, -0.25) is 10.1 Å². The number of rotatable bonds is 1. The van der Waals surface area contributed by atoms with Crippen LogP contribution in [0.3, 0.4) is 0 Å². The summed E-state index contributed by atoms with van der Waals surface area (Å²) in [7, 11) is 0. The van der Waals surface area contributed by atoms with Gasteiger partial charge in [-0.25, -0.2) is 0 Å². The van der Waals surface area contributed by atoms with Gasteiger partial charge in [0.05, 0.1) is 6.67 Å². The normalized spacial score (nSPS) is 20.8. The molecule has 1 amide bonds. The highest BCUT2D eigenvalue weighted by molar-refractivity contribution is 5.46. The summed E-state index contributed by atoms with van der Waals surface area (Å²) >= 11 is 0. The van der Waals surface area contributed by atoms with Crippen LogP contribution in [0.25, 0.3) is 0 Å². The number of hydrogen-bond donors (Lipinski definition) is 1. The van der Waals surface area contributed by atoms with E-state index in [0.717, 1.165) is 32.6 Å². The van der Waals surface area contributed by atoms with Crippen LogP contribution < -0.4 is 5.32 Å². The second-order valence-corrected chi connectivity index (χ2v) is 1.93. The Morgan fingerprint density at radius 2 is 2.50 bits per heavy atom. The SMILES string of the molecule is O=CN1CCCNC1. The highest BCUT2D eigenvalue weighted by Crippen LogP contribution is 1.89. The Kier molecular flexibility index (Phi) is 1.86. The fourth-order valence-electron chi connectivity index (χ4n) is 0.799. The first-order valence-electron chi connectivity index (χ1n) is 2.83. The van der Waals surface area contributed by atoms with E-state index in [1.165, 1.54) is 0 Å². The molecular formula is C5H10N2O. The summed E-state index contributed by atoms with van der Waals surface area (Å²) in [5.41, 5.74) is 0. The van der Waals surface area contributed by atoms with E-state index >= 15 is 0 Å². The molecule has 1 aliphatic rings. The average Bonchev–Trinajstić information content (AvgIpc) is 1.90. The molecule has 3 heteroatoms. The first-order valence-corrected chi connectivity index (χ1v) is 2.83. The summed E-state index contributed by atoms with van der Waals surface area (Å²) in [5.74, 6) is 0. The van der Waals surface area contributed by atoms with Gasteiger partial charge in [0.15, 0.2) is 0 Å². The lowest BCUT2D eigenvalue weighted by Gasteiger charge is -2.22. The summed E-state index contributed by atoms with van der Waals surface area (Å²) in [5, 5.41) is 3.08. The minimum absolute atomic E-state index is 0.726. The van der Waals surface area contributed by atoms with Gasteiger partial charge in [0.25, 0.3) is 0 Å². The maximum Gasteiger partial charge on any atom is 0.210 e. The average molecular weight is 114 g/mol. The minimum atomic E-state index is 0.726. The van der Waals surface area contributed by atoms with Crippen molar-refractivity contribution in [1.29, 1.82) is 0 Å². The number of amides is 1. The van der Waals surface area contributed by atoms with Crippen molar-refractivity contribution in [2.24, 2.45) is 0 Å². The van der Waals surface area contributed by atoms with Gasteiger partial charge >= 0.3 is 0 Å². The first kappa shape index (κ1) is 5.56. The van der Waals surface area contributed by atoms with Gasteiger partial charge in [-0.15, -0.1) is 0 Å². The number of hydrogen-bond acceptors (Lipinski definition) is 2. The maximum absolute atomic E-state index is 10.0. The van der Waals surface area contributed by atoms with Gasteiger partial charge in [-0.05, 0) is 13.0 Å². The first-order chi connectivity index (χ1) is 3.93. The number of carbonyl (C=O) groups excluding carboxylic acids is 1. The van der Waals surface area contributed by atoms with Gasteiger partial charge in [-0.1, -0.05) is 0 Å². The molecule has 0 aromatic rings. The van der Waals surface area contributed by atoms with E-state index in [1.807, 2.05) is 0 Å². The fraction of sp³-hybridized carbons (Fsp3) is 0.800. The molecule has 0 atom stereocenters. The van der Waals surface area contributed by atoms with Crippen molar-refractivity contribution >= 4 is 6.41 Å². The molecule has 1 rings (SSSR count). The van der Waals surface area contributed by atoms with Gasteiger partial charge in [0, 0.05) is 6.54 Å². The lowest BCUT2D eigenvalue weighted by Crippen LogP contribution is -2.40. The van der Waals surface area contributed by atoms with Crippen molar-refractivity contribution in [2.45, 2.75) is 6.42 Å². The second kappa shape index (κ2) is 2.67. The molecule has 0 radical (unpaired) electrons. The monoisotopic (exact) mass is 114 g/mol. The zero-order chi connectivity index (χ0) is 5.82. The van der Waals surface area contributed by atoms with Crippen molar-refractivity contribution in [1.82, 2.24) is 10.2 Å². The Balaban J connectivity index is 2.22. The Labute approximate surface area is 48.7 Å². The van der Waals surface area contributed by atoms with Crippen molar-refractivity contribution in [3.63, 3.8) is 0 Å². The van der Waals surface area contributed by atoms with Crippen molar-refractivity contribution in [3.05, 3.63) is 0 Å². The quantitative estimate of drug-likeness (QED) is 0.461. The van der Waals surface area contributed by atoms with Crippen LogP contribution in [-0.4, -0.2) is 31.1 Å². The van der Waals surface area contributed by atoms with E-state index < -0.39 is 0 Å². The van der Waals surface area contributed by atoms with E-state index in [1.54, 1.807) is 4.90 Å². The van der Waals surface area contributed by atoms with E-state index in [4.69, 9.17) is 0 Å². The van der Waals surface area contributed by atoms with Crippen LogP contribution >= 0.6 is 0 Å². The minimum Gasteiger partial charge on any atom is -0.332 e. The predicted molar refractivity (Wildman–Crippen MR) is 30.3 cm³/mol. The zero-order valence-electron chi connectivity index (χ0n) is 4.76. The van der Waals surface area contributed by atoms with Crippen LogP contribution in [0.2, 0.25) is 0 Å². The Bertz CT molecular complexity index is 78.5. The lowest BCUT2D eigenvalue weighted by atomic mass is 10.3. The van der Waals surface area contributed by atoms with Gasteiger partial charge in [-0.2, -0.15) is 0 Å². The van der Waals surface area contributed by atoms with Crippen LogP contribution in [0.4, 0.5) is 0 Å². The maximum atomic E-state index is 10.0. The molecule has 0 spiro atoms. The Morgan fingerprint density at radius 1 is 1.62 bits per heavy atom. The third kappa shape index (κ3) is 1.20. The highest BCUT2D eigenvalue weighted by Gasteiger charge is 2.03. The standard InChI is InChI=1S/C5H10N2O/c8-5-7-3-1-2-6-4-7/h5-6H,1-4H2. The van der Waals surface area contributed by atoms with Gasteiger partial charge < -0.3 is 4.90 Å². The third-order valence-electron chi connectivity index (χ3n) is 1.26. The molecule has 0 aromatic carbocycles. The Hall–Kier alpha value is -0.570. The van der Waals surface area contributed by atoms with Crippen LogP contribution in [0.1, 0.15) is 6.42 Å². The van der Waals surface area contributed by atoms with E-state index in [2.05, 4.69) is 5.32 Å². The van der Waals surface area contributed by atoms with Crippen LogP contribution in [0, 0.1) is 0 Å². The molecule has 1 heterocycles. The molecule has 1 N–H and O–H groups in total. The molecule has 1 aliphatic heterocycles.